The smallest absolute Gasteiger partial charge is 0.416 e. The van der Waals surface area contributed by atoms with Gasteiger partial charge in [0, 0.05) is 30.1 Å². The molecule has 1 saturated carbocycles. The molecule has 0 saturated heterocycles. The second-order valence-electron chi connectivity index (χ2n) is 11.5. The Morgan fingerprint density at radius 1 is 0.957 bits per heavy atom. The first-order valence-corrected chi connectivity index (χ1v) is 17.0. The maximum Gasteiger partial charge on any atom is 0.416 e. The molecule has 1 unspecified atom stereocenters. The Hall–Kier alpha value is -3.22. The number of hydrogen-bond acceptors (Lipinski definition) is 7. The Bertz CT molecular complexity index is 1380. The largest absolute Gasteiger partial charge is 0.489 e. The lowest BCUT2D eigenvalue weighted by Gasteiger charge is -2.33. The van der Waals surface area contributed by atoms with E-state index in [1.54, 1.807) is 23.6 Å². The minimum Gasteiger partial charge on any atom is -0.489 e. The lowest BCUT2D eigenvalue weighted by molar-refractivity contribution is -0.143. The Kier molecular flexibility index (Phi) is 12.1. The van der Waals surface area contributed by atoms with Crippen LogP contribution in [0.4, 0.5) is 38.1 Å². The maximum atomic E-state index is 13.8. The number of ether oxygens (including phenoxy) is 1. The average molecular weight is 670 g/mol. The quantitative estimate of drug-likeness (QED) is 0.125. The molecule has 1 atom stereocenters. The molecule has 2 heterocycles. The molecule has 3 aromatic rings. The van der Waals surface area contributed by atoms with Gasteiger partial charge in [-0.3, -0.25) is 0 Å². The Balaban J connectivity index is 1.79. The predicted octanol–water partition coefficient (Wildman–Crippen LogP) is 9.00. The van der Waals surface area contributed by atoms with Crippen molar-refractivity contribution >= 4 is 23.5 Å². The van der Waals surface area contributed by atoms with Gasteiger partial charge in [-0.1, -0.05) is 25.8 Å². The van der Waals surface area contributed by atoms with E-state index in [1.165, 1.54) is 25.2 Å². The monoisotopic (exact) mass is 669 g/mol. The number of aryl methyl sites for hydroxylation is 1. The van der Waals surface area contributed by atoms with Crippen LogP contribution in [0.15, 0.2) is 42.7 Å². The van der Waals surface area contributed by atoms with Crippen molar-refractivity contribution in [3.8, 4) is 5.75 Å². The summed E-state index contributed by atoms with van der Waals surface area (Å²) in [6.45, 7) is 7.67. The summed E-state index contributed by atoms with van der Waals surface area (Å²) in [4.78, 5) is 17.7. The number of hydrogen-bond donors (Lipinski definition) is 0. The van der Waals surface area contributed by atoms with Crippen LogP contribution in [0.3, 0.4) is 0 Å². The highest BCUT2D eigenvalue weighted by Gasteiger charge is 2.38. The standard InChI is InChI=1S/C33H41F6N5OS/c1-5-28-12-11-24(30(42-28)43(6-2)20-23-9-7-8-10-23)21-44(31-40-18-29(19-41-31)45-13-14-46-4)22(3)25-15-26(32(34,35)36)17-27(16-25)33(37,38)39/h11-12,15-19,22-23H,5-10,13-14,20-21H2,1-4H3. The molecular weight excluding hydrogens is 628 g/mol. The van der Waals surface area contributed by atoms with Crippen LogP contribution in [0, 0.1) is 5.92 Å². The first-order valence-electron chi connectivity index (χ1n) is 15.6. The summed E-state index contributed by atoms with van der Waals surface area (Å²) in [5.41, 5.74) is -1.24. The Morgan fingerprint density at radius 2 is 1.59 bits per heavy atom. The van der Waals surface area contributed by atoms with Crippen molar-refractivity contribution in [1.29, 1.82) is 0 Å². The molecular formula is C33H41F6N5OS. The molecule has 0 N–H and O–H groups in total. The SMILES string of the molecule is CCc1ccc(CN(c2ncc(OCCSC)cn2)C(C)c2cc(C(F)(F)F)cc(C(F)(F)F)c2)c(N(CC)CC2CCCC2)n1. The van der Waals surface area contributed by atoms with Crippen LogP contribution in [0.25, 0.3) is 0 Å². The first-order chi connectivity index (χ1) is 21.8. The highest BCUT2D eigenvalue weighted by atomic mass is 32.2. The van der Waals surface area contributed by atoms with E-state index in [0.717, 1.165) is 54.3 Å². The highest BCUT2D eigenvalue weighted by molar-refractivity contribution is 7.98. The molecule has 0 aliphatic heterocycles. The van der Waals surface area contributed by atoms with Crippen molar-refractivity contribution in [3.63, 3.8) is 0 Å². The van der Waals surface area contributed by atoms with Gasteiger partial charge in [0.1, 0.15) is 5.82 Å². The molecule has 252 valence electrons. The second kappa shape index (κ2) is 15.6. The van der Waals surface area contributed by atoms with Crippen molar-refractivity contribution in [2.45, 2.75) is 77.8 Å². The Labute approximate surface area is 271 Å². The average Bonchev–Trinajstić information content (AvgIpc) is 3.55. The Morgan fingerprint density at radius 3 is 2.13 bits per heavy atom. The number of anilines is 2. The molecule has 0 radical (unpaired) electrons. The third-order valence-corrected chi connectivity index (χ3v) is 8.91. The van der Waals surface area contributed by atoms with Gasteiger partial charge in [-0.15, -0.1) is 0 Å². The van der Waals surface area contributed by atoms with Crippen molar-refractivity contribution in [1.82, 2.24) is 15.0 Å². The van der Waals surface area contributed by atoms with Gasteiger partial charge in [-0.2, -0.15) is 38.1 Å². The molecule has 4 rings (SSSR count). The molecule has 1 aromatic carbocycles. The zero-order valence-corrected chi connectivity index (χ0v) is 27.4. The van der Waals surface area contributed by atoms with Gasteiger partial charge in [-0.25, -0.2) is 15.0 Å². The molecule has 0 bridgehead atoms. The second-order valence-corrected chi connectivity index (χ2v) is 12.5. The summed E-state index contributed by atoms with van der Waals surface area (Å²) in [6.07, 6.45) is 0.299. The van der Waals surface area contributed by atoms with Crippen molar-refractivity contribution in [3.05, 3.63) is 70.7 Å². The molecule has 0 amide bonds. The summed E-state index contributed by atoms with van der Waals surface area (Å²) >= 11 is 1.61. The van der Waals surface area contributed by atoms with Crippen LogP contribution in [0.1, 0.15) is 80.4 Å². The van der Waals surface area contributed by atoms with Crippen LogP contribution in [-0.2, 0) is 25.3 Å². The summed E-state index contributed by atoms with van der Waals surface area (Å²) in [5.74, 6) is 2.58. The number of thioether (sulfide) groups is 1. The van der Waals surface area contributed by atoms with Crippen LogP contribution < -0.4 is 14.5 Å². The van der Waals surface area contributed by atoms with E-state index in [2.05, 4.69) is 21.8 Å². The number of nitrogens with zero attached hydrogens (tertiary/aromatic N) is 5. The molecule has 13 heteroatoms. The number of benzene rings is 1. The zero-order chi connectivity index (χ0) is 33.5. The summed E-state index contributed by atoms with van der Waals surface area (Å²) in [5, 5.41) is 0. The number of alkyl halides is 6. The molecule has 1 aliphatic rings. The maximum absolute atomic E-state index is 13.8. The summed E-state index contributed by atoms with van der Waals surface area (Å²) in [6, 6.07) is 4.54. The van der Waals surface area contributed by atoms with E-state index in [4.69, 9.17) is 9.72 Å². The molecule has 46 heavy (non-hydrogen) atoms. The lowest BCUT2D eigenvalue weighted by Crippen LogP contribution is -2.33. The van der Waals surface area contributed by atoms with Crippen LogP contribution >= 0.6 is 11.8 Å². The fraction of sp³-hybridized carbons (Fsp3) is 0.545. The van der Waals surface area contributed by atoms with E-state index in [9.17, 15) is 26.3 Å². The van der Waals surface area contributed by atoms with Crippen molar-refractivity contribution in [2.24, 2.45) is 5.92 Å². The van der Waals surface area contributed by atoms with E-state index in [1.807, 2.05) is 25.3 Å². The van der Waals surface area contributed by atoms with Gasteiger partial charge >= 0.3 is 12.4 Å². The van der Waals surface area contributed by atoms with E-state index < -0.39 is 29.5 Å². The third-order valence-electron chi connectivity index (χ3n) is 8.34. The molecule has 1 aliphatic carbocycles. The number of rotatable bonds is 14. The van der Waals surface area contributed by atoms with E-state index >= 15 is 0 Å². The van der Waals surface area contributed by atoms with Gasteiger partial charge in [0.25, 0.3) is 0 Å². The lowest BCUT2D eigenvalue weighted by atomic mass is 9.99. The van der Waals surface area contributed by atoms with Crippen LogP contribution in [0.5, 0.6) is 5.75 Å². The number of pyridine rings is 1. The minimum absolute atomic E-state index is 0.0962. The number of halogens is 6. The fourth-order valence-electron chi connectivity index (χ4n) is 5.72. The van der Waals surface area contributed by atoms with E-state index in [0.29, 0.717) is 31.2 Å². The summed E-state index contributed by atoms with van der Waals surface area (Å²) < 4.78 is 88.6. The third kappa shape index (κ3) is 9.19. The molecule has 1 fully saturated rings. The highest BCUT2D eigenvalue weighted by Crippen LogP contribution is 2.39. The van der Waals surface area contributed by atoms with Gasteiger partial charge in [-0.05, 0) is 75.1 Å². The zero-order valence-electron chi connectivity index (χ0n) is 26.6. The van der Waals surface area contributed by atoms with Gasteiger partial charge in [0.2, 0.25) is 5.95 Å². The van der Waals surface area contributed by atoms with Crippen LogP contribution in [0.2, 0.25) is 0 Å². The van der Waals surface area contributed by atoms with Crippen molar-refractivity contribution < 1.29 is 31.1 Å². The summed E-state index contributed by atoms with van der Waals surface area (Å²) in [7, 11) is 0. The normalized spacial score (nSPS) is 14.8. The van der Waals surface area contributed by atoms with E-state index in [-0.39, 0.29) is 24.1 Å². The van der Waals surface area contributed by atoms with Gasteiger partial charge in [0.05, 0.1) is 42.7 Å². The fourth-order valence-corrected chi connectivity index (χ4v) is 5.97. The molecule has 6 nitrogen and oxygen atoms in total. The number of aromatic nitrogens is 3. The van der Waals surface area contributed by atoms with Gasteiger partial charge < -0.3 is 14.5 Å². The topological polar surface area (TPSA) is 54.4 Å². The van der Waals surface area contributed by atoms with Crippen molar-refractivity contribution in [2.75, 3.05) is 41.5 Å². The van der Waals surface area contributed by atoms with Gasteiger partial charge in [0.15, 0.2) is 5.75 Å². The molecule has 2 aromatic heterocycles. The predicted molar refractivity (Wildman–Crippen MR) is 170 cm³/mol. The minimum atomic E-state index is -4.97. The molecule has 0 spiro atoms. The first kappa shape index (κ1) is 35.6. The van der Waals surface area contributed by atoms with Crippen LogP contribution in [-0.4, -0.2) is 46.7 Å².